The van der Waals surface area contributed by atoms with Crippen molar-refractivity contribution in [1.82, 2.24) is 9.78 Å². The van der Waals surface area contributed by atoms with Crippen LogP contribution in [0.25, 0.3) is 0 Å². The van der Waals surface area contributed by atoms with E-state index in [0.29, 0.717) is 5.56 Å². The van der Waals surface area contributed by atoms with Crippen molar-refractivity contribution in [3.05, 3.63) is 46.4 Å². The molecule has 18 heavy (non-hydrogen) atoms. The minimum absolute atomic E-state index is 0.0992. The van der Waals surface area contributed by atoms with Gasteiger partial charge < -0.3 is 0 Å². The van der Waals surface area contributed by atoms with Crippen LogP contribution in [0, 0.1) is 5.82 Å². The molecule has 5 nitrogen and oxygen atoms in total. The lowest BCUT2D eigenvalue weighted by Crippen LogP contribution is -2.11. The van der Waals surface area contributed by atoms with E-state index in [1.165, 1.54) is 16.9 Å². The van der Waals surface area contributed by atoms with E-state index in [9.17, 15) is 12.8 Å². The molecule has 0 radical (unpaired) electrons. The van der Waals surface area contributed by atoms with E-state index in [1.54, 1.807) is 12.1 Å². The van der Waals surface area contributed by atoms with Gasteiger partial charge in [-0.1, -0.05) is 15.9 Å². The molecule has 0 saturated carbocycles. The summed E-state index contributed by atoms with van der Waals surface area (Å²) in [5.41, 5.74) is 0.397. The smallest absolute Gasteiger partial charge is 0.241 e. The molecule has 96 valence electrons. The molecule has 0 bridgehead atoms. The van der Waals surface area contributed by atoms with Crippen molar-refractivity contribution >= 4 is 26.0 Å². The Morgan fingerprint density at radius 1 is 1.44 bits per heavy atom. The Bertz CT molecular complexity index is 684. The van der Waals surface area contributed by atoms with E-state index < -0.39 is 10.0 Å². The quantitative estimate of drug-likeness (QED) is 0.924. The highest BCUT2D eigenvalue weighted by molar-refractivity contribution is 9.10. The van der Waals surface area contributed by atoms with Crippen LogP contribution in [0.5, 0.6) is 0 Å². The van der Waals surface area contributed by atoms with Crippen LogP contribution in [0.4, 0.5) is 4.39 Å². The van der Waals surface area contributed by atoms with Gasteiger partial charge in [0.05, 0.1) is 12.7 Å². The highest BCUT2D eigenvalue weighted by atomic mass is 79.9. The van der Waals surface area contributed by atoms with Gasteiger partial charge in [-0.2, -0.15) is 5.10 Å². The normalized spacial score (nSPS) is 11.7. The van der Waals surface area contributed by atoms with E-state index in [-0.39, 0.29) is 17.3 Å². The van der Waals surface area contributed by atoms with Crippen molar-refractivity contribution in [2.45, 2.75) is 11.4 Å². The molecule has 0 unspecified atom stereocenters. The van der Waals surface area contributed by atoms with Crippen LogP contribution in [-0.2, 0) is 16.6 Å². The summed E-state index contributed by atoms with van der Waals surface area (Å²) < 4.78 is 37.7. The van der Waals surface area contributed by atoms with Crippen molar-refractivity contribution in [3.8, 4) is 0 Å². The van der Waals surface area contributed by atoms with Crippen LogP contribution >= 0.6 is 15.9 Å². The fraction of sp³-hybridized carbons (Fsp3) is 0.100. The first-order valence-corrected chi connectivity index (χ1v) is 7.19. The maximum absolute atomic E-state index is 13.5. The third kappa shape index (κ3) is 2.95. The number of rotatable bonds is 3. The summed E-state index contributed by atoms with van der Waals surface area (Å²) in [6.07, 6.45) is 2.39. The molecule has 0 atom stereocenters. The number of benzene rings is 1. The van der Waals surface area contributed by atoms with Crippen molar-refractivity contribution in [3.63, 3.8) is 0 Å². The van der Waals surface area contributed by atoms with E-state index >= 15 is 0 Å². The molecule has 0 aliphatic heterocycles. The lowest BCUT2D eigenvalue weighted by Gasteiger charge is -2.04. The molecule has 0 aliphatic rings. The number of nitrogens with two attached hydrogens (primary N) is 1. The zero-order valence-corrected chi connectivity index (χ0v) is 11.4. The molecular weight excluding hydrogens is 325 g/mol. The fourth-order valence-electron chi connectivity index (χ4n) is 1.42. The highest BCUT2D eigenvalue weighted by Crippen LogP contribution is 2.17. The average molecular weight is 334 g/mol. The van der Waals surface area contributed by atoms with Crippen molar-refractivity contribution in [1.29, 1.82) is 0 Å². The number of sulfonamides is 1. The van der Waals surface area contributed by atoms with E-state index in [0.717, 1.165) is 10.7 Å². The fourth-order valence-corrected chi connectivity index (χ4v) is 2.29. The molecule has 0 fully saturated rings. The molecule has 0 aliphatic carbocycles. The lowest BCUT2D eigenvalue weighted by molar-refractivity contribution is 0.584. The summed E-state index contributed by atoms with van der Waals surface area (Å²) >= 11 is 3.23. The molecule has 1 heterocycles. The maximum atomic E-state index is 13.5. The molecule has 0 spiro atoms. The number of nitrogens with zero attached hydrogens (tertiary/aromatic N) is 2. The van der Waals surface area contributed by atoms with Gasteiger partial charge in [0, 0.05) is 16.2 Å². The maximum Gasteiger partial charge on any atom is 0.241 e. The molecule has 0 saturated heterocycles. The Morgan fingerprint density at radius 2 is 2.17 bits per heavy atom. The number of halogens is 2. The first kappa shape index (κ1) is 13.2. The first-order chi connectivity index (χ1) is 8.36. The van der Waals surface area contributed by atoms with Crippen molar-refractivity contribution in [2.24, 2.45) is 5.14 Å². The zero-order chi connectivity index (χ0) is 13.3. The lowest BCUT2D eigenvalue weighted by atomic mass is 10.2. The Hall–Kier alpha value is -1.25. The van der Waals surface area contributed by atoms with Gasteiger partial charge in [0.2, 0.25) is 10.0 Å². The standard InChI is InChI=1S/C10H9BrFN3O2S/c11-8-1-2-10(12)7(3-8)5-15-6-9(4-14-15)18(13,16)17/h1-4,6H,5H2,(H2,13,16,17). The Kier molecular flexibility index (Phi) is 3.51. The second-order valence-electron chi connectivity index (χ2n) is 3.65. The van der Waals surface area contributed by atoms with Crippen LogP contribution in [0.2, 0.25) is 0 Å². The van der Waals surface area contributed by atoms with Gasteiger partial charge in [0.1, 0.15) is 10.7 Å². The highest BCUT2D eigenvalue weighted by Gasteiger charge is 2.11. The monoisotopic (exact) mass is 333 g/mol. The van der Waals surface area contributed by atoms with Gasteiger partial charge >= 0.3 is 0 Å². The van der Waals surface area contributed by atoms with Crippen LogP contribution in [0.1, 0.15) is 5.56 Å². The van der Waals surface area contributed by atoms with E-state index in [1.807, 2.05) is 0 Å². The molecule has 2 aromatic rings. The van der Waals surface area contributed by atoms with Crippen molar-refractivity contribution in [2.75, 3.05) is 0 Å². The number of hydrogen-bond acceptors (Lipinski definition) is 3. The number of aromatic nitrogens is 2. The van der Waals surface area contributed by atoms with Crippen LogP contribution in [0.15, 0.2) is 40.0 Å². The topological polar surface area (TPSA) is 78.0 Å². The zero-order valence-electron chi connectivity index (χ0n) is 9.05. The molecule has 8 heteroatoms. The predicted octanol–water partition coefficient (Wildman–Crippen LogP) is 1.48. The molecule has 2 rings (SSSR count). The van der Waals surface area contributed by atoms with E-state index in [4.69, 9.17) is 5.14 Å². The summed E-state index contributed by atoms with van der Waals surface area (Å²) in [6, 6.07) is 4.51. The Morgan fingerprint density at radius 3 is 2.78 bits per heavy atom. The van der Waals surface area contributed by atoms with Crippen LogP contribution in [-0.4, -0.2) is 18.2 Å². The van der Waals surface area contributed by atoms with Crippen molar-refractivity contribution < 1.29 is 12.8 Å². The van der Waals surface area contributed by atoms with Gasteiger partial charge in [-0.05, 0) is 18.2 Å². The first-order valence-electron chi connectivity index (χ1n) is 4.85. The second-order valence-corrected chi connectivity index (χ2v) is 6.13. The number of hydrogen-bond donors (Lipinski definition) is 1. The minimum atomic E-state index is -3.78. The molecule has 0 amide bonds. The molecule has 1 aromatic carbocycles. The summed E-state index contributed by atoms with van der Waals surface area (Å²) in [5, 5.41) is 8.78. The molecular formula is C10H9BrFN3O2S. The Labute approximate surface area is 112 Å². The number of primary sulfonamides is 1. The van der Waals surface area contributed by atoms with Gasteiger partial charge in [-0.3, -0.25) is 4.68 Å². The van der Waals surface area contributed by atoms with Crippen LogP contribution in [0.3, 0.4) is 0 Å². The largest absolute Gasteiger partial charge is 0.267 e. The van der Waals surface area contributed by atoms with Gasteiger partial charge in [0.15, 0.2) is 0 Å². The summed E-state index contributed by atoms with van der Waals surface area (Å²) in [7, 11) is -3.78. The summed E-state index contributed by atoms with van der Waals surface area (Å²) in [6.45, 7) is 0.126. The van der Waals surface area contributed by atoms with Gasteiger partial charge in [-0.25, -0.2) is 17.9 Å². The average Bonchev–Trinajstić information content (AvgIpc) is 2.71. The Balaban J connectivity index is 2.29. The summed E-state index contributed by atoms with van der Waals surface area (Å²) in [5.74, 6) is -0.383. The van der Waals surface area contributed by atoms with Crippen LogP contribution < -0.4 is 5.14 Å². The minimum Gasteiger partial charge on any atom is -0.267 e. The van der Waals surface area contributed by atoms with Gasteiger partial charge in [0.25, 0.3) is 0 Å². The summed E-state index contributed by atoms with van der Waals surface area (Å²) in [4.78, 5) is -0.0992. The third-order valence-corrected chi connectivity index (χ3v) is 3.64. The predicted molar refractivity (Wildman–Crippen MR) is 66.8 cm³/mol. The molecule has 1 aromatic heterocycles. The molecule has 2 N–H and O–H groups in total. The third-order valence-electron chi connectivity index (χ3n) is 2.28. The van der Waals surface area contributed by atoms with Gasteiger partial charge in [-0.15, -0.1) is 0 Å². The van der Waals surface area contributed by atoms with E-state index in [2.05, 4.69) is 21.0 Å². The second kappa shape index (κ2) is 4.79. The SMILES string of the molecule is NS(=O)(=O)c1cnn(Cc2cc(Br)ccc2F)c1.